The third-order valence-electron chi connectivity index (χ3n) is 0. The average Bonchev–Trinajstić information content (AvgIpc) is 0.811. The fraction of sp³-hybridized carbons (Fsp3) is 0. The Morgan fingerprint density at radius 1 is 1.17 bits per heavy atom. The third-order valence-corrected chi connectivity index (χ3v) is 0. The van der Waals surface area contributed by atoms with Crippen molar-refractivity contribution in [1.29, 1.82) is 0 Å². The van der Waals surface area contributed by atoms with Gasteiger partial charge in [0.25, 0.3) is 0 Å². The van der Waals surface area contributed by atoms with Crippen LogP contribution in [-0.2, 0) is 46.9 Å². The summed E-state index contributed by atoms with van der Waals surface area (Å²) in [4.78, 5) is 9.22. The van der Waals surface area contributed by atoms with E-state index in [1.54, 1.807) is 0 Å². The van der Waals surface area contributed by atoms with Crippen molar-refractivity contribution < 1.29 is 46.9 Å². The van der Waals surface area contributed by atoms with Gasteiger partial charge in [0, 0.05) is 42.1 Å². The Balaban J connectivity index is -0.0000000450. The van der Waals surface area contributed by atoms with Crippen molar-refractivity contribution in [1.82, 2.24) is 0 Å². The Bertz CT molecular complexity index is 31.8. The van der Waals surface area contributed by atoms with Crippen LogP contribution < -0.4 is 0 Å². The predicted molar refractivity (Wildman–Crippen MR) is 15.7 cm³/mol. The zero-order valence-electron chi connectivity index (χ0n) is 3.14. The van der Waals surface area contributed by atoms with Gasteiger partial charge in [0.1, 0.15) is 0 Å². The van der Waals surface area contributed by atoms with Crippen LogP contribution in [0.15, 0.2) is 0 Å². The Kier molecular flexibility index (Phi) is 24.4. The molecule has 0 aromatic carbocycles. The van der Waals surface area contributed by atoms with E-state index in [1.807, 2.05) is 0 Å². The van der Waals surface area contributed by atoms with Crippen LogP contribution in [0.3, 0.4) is 0 Å². The maximum Gasteiger partial charge on any atom is 0 e. The zero-order valence-corrected chi connectivity index (χ0v) is 9.01. The van der Waals surface area contributed by atoms with Gasteiger partial charge in [-0.3, -0.25) is 0 Å². The maximum absolute atomic E-state index is 9.22. The standard InChI is InChI=1S/C3H4O.2W/c1-3(2)4;;/h1-2H2;;/q-2;;. The summed E-state index contributed by atoms with van der Waals surface area (Å²) in [6.07, 6.45) is 0. The van der Waals surface area contributed by atoms with Gasteiger partial charge in [0.05, 0.1) is 0 Å². The van der Waals surface area contributed by atoms with E-state index in [-0.39, 0.29) is 47.9 Å². The molecule has 0 fully saturated rings. The number of hydrogen-bond donors (Lipinski definition) is 0. The smallest absolute Gasteiger partial charge is 0 e. The first-order chi connectivity index (χ1) is 1.73. The van der Waals surface area contributed by atoms with Gasteiger partial charge in [-0.2, -0.15) is 0 Å². The molecule has 36 valence electrons. The van der Waals surface area contributed by atoms with Crippen LogP contribution in [0.5, 0.6) is 0 Å². The van der Waals surface area contributed by atoms with Crippen LogP contribution in [0, 0.1) is 13.8 Å². The molecule has 0 aromatic heterocycles. The van der Waals surface area contributed by atoms with E-state index in [0.717, 1.165) is 0 Å². The van der Waals surface area contributed by atoms with Crippen molar-refractivity contribution in [3.63, 3.8) is 0 Å². The fourth-order valence-electron chi connectivity index (χ4n) is 0. The Hall–Kier alpha value is 0.787. The summed E-state index contributed by atoms with van der Waals surface area (Å²) in [6.45, 7) is 5.78. The minimum absolute atomic E-state index is 0. The van der Waals surface area contributed by atoms with Gasteiger partial charge in [-0.05, 0) is 0 Å². The fourth-order valence-corrected chi connectivity index (χ4v) is 0. The quantitative estimate of drug-likeness (QED) is 0.510. The van der Waals surface area contributed by atoms with Crippen molar-refractivity contribution in [2.45, 2.75) is 0 Å². The second-order valence-corrected chi connectivity index (χ2v) is 0.539. The van der Waals surface area contributed by atoms with E-state index in [9.17, 15) is 4.79 Å². The SMILES string of the molecule is [CH2-]C([CH2-])=O.[W].[W]. The van der Waals surface area contributed by atoms with E-state index in [0.29, 0.717) is 0 Å². The molecule has 0 radical (unpaired) electrons. The normalized spacial score (nSPS) is 4.00. The molecule has 0 N–H and O–H groups in total. The first-order valence-corrected chi connectivity index (χ1v) is 0.911. The van der Waals surface area contributed by atoms with Crippen LogP contribution in [0.1, 0.15) is 0 Å². The van der Waals surface area contributed by atoms with Crippen LogP contribution in [-0.4, -0.2) is 5.78 Å². The predicted octanol–water partition coefficient (Wildman–Crippen LogP) is 0.219. The molecular formula is C3H4OW2-2. The van der Waals surface area contributed by atoms with Gasteiger partial charge < -0.3 is 18.6 Å². The molecule has 0 aliphatic heterocycles. The first kappa shape index (κ1) is 15.8. The number of Topliss-reactive ketones (excluding diaryl/α,β-unsaturated/α-hetero) is 1. The Labute approximate surface area is 66.4 Å². The van der Waals surface area contributed by atoms with E-state index < -0.39 is 0 Å². The van der Waals surface area contributed by atoms with Crippen molar-refractivity contribution in [2.24, 2.45) is 0 Å². The maximum atomic E-state index is 9.22. The number of carbonyl (C=O) groups is 1. The van der Waals surface area contributed by atoms with Gasteiger partial charge in [0.2, 0.25) is 0 Å². The van der Waals surface area contributed by atoms with E-state index in [2.05, 4.69) is 13.8 Å². The van der Waals surface area contributed by atoms with Crippen LogP contribution >= 0.6 is 0 Å². The minimum atomic E-state index is -0.333. The summed E-state index contributed by atoms with van der Waals surface area (Å²) in [5.74, 6) is -0.333. The van der Waals surface area contributed by atoms with Crippen molar-refractivity contribution in [3.8, 4) is 0 Å². The van der Waals surface area contributed by atoms with Crippen LogP contribution in [0.25, 0.3) is 0 Å². The van der Waals surface area contributed by atoms with Gasteiger partial charge in [-0.25, -0.2) is 0 Å². The van der Waals surface area contributed by atoms with E-state index >= 15 is 0 Å². The summed E-state index contributed by atoms with van der Waals surface area (Å²) < 4.78 is 0. The molecule has 6 heavy (non-hydrogen) atoms. The molecule has 3 heteroatoms. The topological polar surface area (TPSA) is 17.1 Å². The second kappa shape index (κ2) is 9.25. The molecule has 0 spiro atoms. The summed E-state index contributed by atoms with van der Waals surface area (Å²) in [6, 6.07) is 0. The van der Waals surface area contributed by atoms with E-state index in [4.69, 9.17) is 0 Å². The molecular weight excluding hydrogens is 420 g/mol. The van der Waals surface area contributed by atoms with E-state index in [1.165, 1.54) is 0 Å². The van der Waals surface area contributed by atoms with Crippen molar-refractivity contribution >= 4 is 5.78 Å². The molecule has 0 amide bonds. The summed E-state index contributed by atoms with van der Waals surface area (Å²) >= 11 is 0. The molecule has 0 rings (SSSR count). The molecule has 0 heterocycles. The van der Waals surface area contributed by atoms with Crippen molar-refractivity contribution in [2.75, 3.05) is 0 Å². The Morgan fingerprint density at radius 2 is 1.17 bits per heavy atom. The van der Waals surface area contributed by atoms with Crippen LogP contribution in [0.2, 0.25) is 0 Å². The van der Waals surface area contributed by atoms with Gasteiger partial charge >= 0.3 is 0 Å². The molecule has 0 aliphatic rings. The monoisotopic (exact) mass is 424 g/mol. The molecule has 0 saturated heterocycles. The molecule has 0 aromatic rings. The molecule has 0 saturated carbocycles. The van der Waals surface area contributed by atoms with Crippen LogP contribution in [0.4, 0.5) is 0 Å². The third kappa shape index (κ3) is 111. The van der Waals surface area contributed by atoms with Gasteiger partial charge in [0.15, 0.2) is 0 Å². The zero-order chi connectivity index (χ0) is 3.58. The largest absolute Gasteiger partial charge is 0.370 e. The summed E-state index contributed by atoms with van der Waals surface area (Å²) in [5, 5.41) is 0. The molecule has 1 nitrogen and oxygen atoms in total. The molecule has 0 bridgehead atoms. The number of hydrogen-bond acceptors (Lipinski definition) is 1. The number of ketones is 1. The van der Waals surface area contributed by atoms with Gasteiger partial charge in [-0.15, -0.1) is 5.78 Å². The minimum Gasteiger partial charge on any atom is -0.370 e. The summed E-state index contributed by atoms with van der Waals surface area (Å²) in [5.41, 5.74) is 0. The molecule has 0 atom stereocenters. The number of rotatable bonds is 0. The molecule has 0 unspecified atom stereocenters. The van der Waals surface area contributed by atoms with Crippen molar-refractivity contribution in [3.05, 3.63) is 13.8 Å². The first-order valence-electron chi connectivity index (χ1n) is 0.911. The average molecular weight is 424 g/mol. The number of carbonyl (C=O) groups excluding carboxylic acids is 1. The van der Waals surface area contributed by atoms with Gasteiger partial charge in [-0.1, -0.05) is 0 Å². The second-order valence-electron chi connectivity index (χ2n) is 0.539. The Morgan fingerprint density at radius 3 is 1.17 bits per heavy atom. The molecule has 0 aliphatic carbocycles. The summed E-state index contributed by atoms with van der Waals surface area (Å²) in [7, 11) is 0.